The lowest BCUT2D eigenvalue weighted by Crippen LogP contribution is -2.57. The summed E-state index contributed by atoms with van der Waals surface area (Å²) >= 11 is 3.57. The molecule has 0 unspecified atom stereocenters. The summed E-state index contributed by atoms with van der Waals surface area (Å²) in [7, 11) is 0. The van der Waals surface area contributed by atoms with E-state index in [1.54, 1.807) is 0 Å². The van der Waals surface area contributed by atoms with E-state index in [4.69, 9.17) is 4.74 Å². The first-order valence-corrected chi connectivity index (χ1v) is 7.35. The van der Waals surface area contributed by atoms with Gasteiger partial charge in [0.05, 0.1) is 18.6 Å². The van der Waals surface area contributed by atoms with E-state index in [9.17, 15) is 0 Å². The quantitative estimate of drug-likeness (QED) is 0.918. The van der Waals surface area contributed by atoms with Gasteiger partial charge in [0.25, 0.3) is 0 Å². The molecule has 2 saturated heterocycles. The van der Waals surface area contributed by atoms with Crippen LogP contribution in [0.4, 0.5) is 0 Å². The van der Waals surface area contributed by atoms with Gasteiger partial charge in [-0.05, 0) is 17.7 Å². The zero-order chi connectivity index (χ0) is 12.4. The third-order valence-corrected chi connectivity index (χ3v) is 4.42. The van der Waals surface area contributed by atoms with Crippen LogP contribution in [0.1, 0.15) is 5.56 Å². The van der Waals surface area contributed by atoms with Crippen LogP contribution in [-0.2, 0) is 10.2 Å². The molecule has 0 saturated carbocycles. The van der Waals surface area contributed by atoms with Gasteiger partial charge in [-0.2, -0.15) is 0 Å². The Hall–Kier alpha value is -0.420. The lowest BCUT2D eigenvalue weighted by atomic mass is 9.78. The van der Waals surface area contributed by atoms with E-state index in [-0.39, 0.29) is 5.41 Å². The number of halogens is 1. The molecule has 0 atom stereocenters. The highest BCUT2D eigenvalue weighted by Gasteiger charge is 2.41. The van der Waals surface area contributed by atoms with E-state index >= 15 is 0 Å². The number of rotatable bonds is 3. The highest BCUT2D eigenvalue weighted by molar-refractivity contribution is 9.10. The topological polar surface area (TPSA) is 24.5 Å². The Morgan fingerprint density at radius 2 is 2.06 bits per heavy atom. The van der Waals surface area contributed by atoms with Crippen molar-refractivity contribution < 1.29 is 4.74 Å². The first-order valence-electron chi connectivity index (χ1n) is 6.55. The lowest BCUT2D eigenvalue weighted by Gasteiger charge is -2.46. The zero-order valence-corrected chi connectivity index (χ0v) is 12.1. The van der Waals surface area contributed by atoms with Gasteiger partial charge >= 0.3 is 0 Å². The largest absolute Gasteiger partial charge is 0.379 e. The Morgan fingerprint density at radius 3 is 2.67 bits per heavy atom. The van der Waals surface area contributed by atoms with Crippen LogP contribution in [0, 0.1) is 0 Å². The van der Waals surface area contributed by atoms with Gasteiger partial charge in [-0.15, -0.1) is 0 Å². The van der Waals surface area contributed by atoms with E-state index in [1.807, 2.05) is 0 Å². The van der Waals surface area contributed by atoms with E-state index in [1.165, 1.54) is 5.56 Å². The fourth-order valence-electron chi connectivity index (χ4n) is 2.81. The molecular formula is C14H19BrN2O. The Balaban J connectivity index is 1.77. The van der Waals surface area contributed by atoms with Gasteiger partial charge < -0.3 is 10.1 Å². The molecule has 0 bridgehead atoms. The lowest BCUT2D eigenvalue weighted by molar-refractivity contribution is -0.0756. The third-order valence-electron chi connectivity index (χ3n) is 3.93. The normalized spacial score (nSPS) is 23.6. The molecule has 1 aromatic carbocycles. The van der Waals surface area contributed by atoms with Crippen LogP contribution in [0.2, 0.25) is 0 Å². The Bertz CT molecular complexity index is 414. The van der Waals surface area contributed by atoms with Crippen LogP contribution in [0.15, 0.2) is 28.7 Å². The van der Waals surface area contributed by atoms with Crippen LogP contribution in [0.5, 0.6) is 0 Å². The standard InChI is InChI=1S/C14H19BrN2O/c15-13-3-1-2-12(8-13)14(10-18-11-14)9-17-6-4-16-5-7-17/h1-3,8,16H,4-7,9-11H2. The maximum absolute atomic E-state index is 5.52. The van der Waals surface area contributed by atoms with Crippen LogP contribution in [0.25, 0.3) is 0 Å². The maximum Gasteiger partial charge on any atom is 0.0598 e. The summed E-state index contributed by atoms with van der Waals surface area (Å²) in [5.74, 6) is 0. The zero-order valence-electron chi connectivity index (χ0n) is 10.5. The average Bonchev–Trinajstić information content (AvgIpc) is 2.35. The molecule has 0 aromatic heterocycles. The molecule has 2 aliphatic rings. The molecule has 0 radical (unpaired) electrons. The molecule has 0 spiro atoms. The van der Waals surface area contributed by atoms with Crippen molar-refractivity contribution in [1.29, 1.82) is 0 Å². The molecule has 3 nitrogen and oxygen atoms in total. The van der Waals surface area contributed by atoms with Gasteiger partial charge in [-0.1, -0.05) is 28.1 Å². The van der Waals surface area contributed by atoms with Gasteiger partial charge in [-0.25, -0.2) is 0 Å². The number of nitrogens with one attached hydrogen (secondary N) is 1. The molecule has 2 heterocycles. The van der Waals surface area contributed by atoms with Gasteiger partial charge in [0, 0.05) is 37.2 Å². The molecule has 18 heavy (non-hydrogen) atoms. The molecule has 4 heteroatoms. The maximum atomic E-state index is 5.52. The van der Waals surface area contributed by atoms with Gasteiger partial charge in [0.2, 0.25) is 0 Å². The first kappa shape index (κ1) is 12.6. The van der Waals surface area contributed by atoms with Crippen molar-refractivity contribution in [2.75, 3.05) is 45.9 Å². The van der Waals surface area contributed by atoms with Crippen LogP contribution in [-0.4, -0.2) is 50.8 Å². The summed E-state index contributed by atoms with van der Waals surface area (Å²) in [6, 6.07) is 8.68. The molecule has 2 aliphatic heterocycles. The molecule has 1 aromatic rings. The smallest absolute Gasteiger partial charge is 0.0598 e. The van der Waals surface area contributed by atoms with Crippen molar-refractivity contribution in [3.05, 3.63) is 34.3 Å². The minimum absolute atomic E-state index is 0.209. The molecule has 2 fully saturated rings. The Labute approximate surface area is 117 Å². The first-order chi connectivity index (χ1) is 8.78. The van der Waals surface area contributed by atoms with Crippen molar-refractivity contribution in [2.45, 2.75) is 5.41 Å². The van der Waals surface area contributed by atoms with E-state index in [0.29, 0.717) is 0 Å². The Kier molecular flexibility index (Phi) is 3.71. The van der Waals surface area contributed by atoms with Crippen molar-refractivity contribution in [2.24, 2.45) is 0 Å². The predicted molar refractivity (Wildman–Crippen MR) is 75.9 cm³/mol. The molecule has 0 aliphatic carbocycles. The second-order valence-corrected chi connectivity index (χ2v) is 6.23. The van der Waals surface area contributed by atoms with Crippen LogP contribution >= 0.6 is 15.9 Å². The third kappa shape index (κ3) is 2.48. The number of ether oxygens (including phenoxy) is 1. The van der Waals surface area contributed by atoms with Crippen LogP contribution in [0.3, 0.4) is 0 Å². The van der Waals surface area contributed by atoms with Gasteiger partial charge in [0.1, 0.15) is 0 Å². The summed E-state index contributed by atoms with van der Waals surface area (Å²) in [4.78, 5) is 2.56. The van der Waals surface area contributed by atoms with Crippen LogP contribution < -0.4 is 5.32 Å². The fraction of sp³-hybridized carbons (Fsp3) is 0.571. The highest BCUT2D eigenvalue weighted by Crippen LogP contribution is 2.34. The number of hydrogen-bond acceptors (Lipinski definition) is 3. The predicted octanol–water partition coefficient (Wildman–Crippen LogP) is 1.62. The number of benzene rings is 1. The van der Waals surface area contributed by atoms with E-state index in [0.717, 1.165) is 50.4 Å². The highest BCUT2D eigenvalue weighted by atomic mass is 79.9. The minimum Gasteiger partial charge on any atom is -0.379 e. The molecule has 1 N–H and O–H groups in total. The molecule has 0 amide bonds. The average molecular weight is 311 g/mol. The summed E-state index contributed by atoms with van der Waals surface area (Å²) in [5, 5.41) is 3.40. The number of piperazine rings is 1. The SMILES string of the molecule is Brc1cccc(C2(CN3CCNCC3)COC2)c1. The van der Waals surface area contributed by atoms with Gasteiger partial charge in [-0.3, -0.25) is 4.90 Å². The van der Waals surface area contributed by atoms with Crippen molar-refractivity contribution >= 4 is 15.9 Å². The second-order valence-electron chi connectivity index (χ2n) is 5.31. The minimum atomic E-state index is 0.209. The summed E-state index contributed by atoms with van der Waals surface area (Å²) < 4.78 is 6.68. The number of hydrogen-bond donors (Lipinski definition) is 1. The monoisotopic (exact) mass is 310 g/mol. The van der Waals surface area contributed by atoms with Crippen molar-refractivity contribution in [1.82, 2.24) is 10.2 Å². The van der Waals surface area contributed by atoms with E-state index < -0.39 is 0 Å². The summed E-state index contributed by atoms with van der Waals surface area (Å²) in [5.41, 5.74) is 1.61. The molecule has 98 valence electrons. The van der Waals surface area contributed by atoms with E-state index in [2.05, 4.69) is 50.4 Å². The fourth-order valence-corrected chi connectivity index (χ4v) is 3.21. The molecular weight excluding hydrogens is 292 g/mol. The summed E-state index contributed by atoms with van der Waals surface area (Å²) in [6.45, 7) is 7.34. The number of nitrogens with zero attached hydrogens (tertiary/aromatic N) is 1. The molecule has 3 rings (SSSR count). The van der Waals surface area contributed by atoms with Gasteiger partial charge in [0.15, 0.2) is 0 Å². The second kappa shape index (κ2) is 5.29. The van der Waals surface area contributed by atoms with Crippen molar-refractivity contribution in [3.8, 4) is 0 Å². The van der Waals surface area contributed by atoms with Crippen molar-refractivity contribution in [3.63, 3.8) is 0 Å². The summed E-state index contributed by atoms with van der Waals surface area (Å²) in [6.07, 6.45) is 0. The Morgan fingerprint density at radius 1 is 1.28 bits per heavy atom.